The Morgan fingerprint density at radius 3 is 2.97 bits per heavy atom. The van der Waals surface area contributed by atoms with Crippen molar-refractivity contribution in [3.63, 3.8) is 0 Å². The Kier molecular flexibility index (Phi) is 5.88. The molecule has 0 saturated heterocycles. The predicted molar refractivity (Wildman–Crippen MR) is 119 cm³/mol. The van der Waals surface area contributed by atoms with E-state index in [-0.39, 0.29) is 23.1 Å². The Hall–Kier alpha value is -3.04. The predicted octanol–water partition coefficient (Wildman–Crippen LogP) is 3.65. The van der Waals surface area contributed by atoms with Gasteiger partial charge in [-0.15, -0.1) is 0 Å². The number of benzene rings is 2. The highest BCUT2D eigenvalue weighted by Crippen LogP contribution is 2.32. The molecular formula is C21H21ClN4O4S. The van der Waals surface area contributed by atoms with Crippen LogP contribution in [-0.4, -0.2) is 38.6 Å². The largest absolute Gasteiger partial charge is 0.490 e. The van der Waals surface area contributed by atoms with Crippen molar-refractivity contribution in [3.05, 3.63) is 65.1 Å². The number of fused-ring (bicyclic) bond motifs is 1. The molecule has 0 spiro atoms. The van der Waals surface area contributed by atoms with Crippen LogP contribution < -0.4 is 19.1 Å². The minimum Gasteiger partial charge on any atom is -0.490 e. The molecule has 1 N–H and O–H groups in total. The fourth-order valence-electron chi connectivity index (χ4n) is 3.21. The van der Waals surface area contributed by atoms with Crippen LogP contribution in [0.3, 0.4) is 0 Å². The highest BCUT2D eigenvalue weighted by molar-refractivity contribution is 7.92. The molecule has 162 valence electrons. The van der Waals surface area contributed by atoms with Crippen LogP contribution in [0.5, 0.6) is 11.5 Å². The van der Waals surface area contributed by atoms with Crippen LogP contribution in [0.1, 0.15) is 11.1 Å². The number of rotatable bonds is 6. The van der Waals surface area contributed by atoms with Gasteiger partial charge < -0.3 is 14.4 Å². The van der Waals surface area contributed by atoms with E-state index in [9.17, 15) is 8.42 Å². The molecule has 3 aromatic rings. The number of likely N-dealkylation sites (N-methyl/N-ethyl adjacent to an activating group) is 1. The second kappa shape index (κ2) is 8.60. The summed E-state index contributed by atoms with van der Waals surface area (Å²) in [5.41, 5.74) is 2.34. The number of hydrogen-bond acceptors (Lipinski definition) is 7. The Labute approximate surface area is 185 Å². The van der Waals surface area contributed by atoms with Gasteiger partial charge in [0.2, 0.25) is 0 Å². The van der Waals surface area contributed by atoms with Crippen LogP contribution in [-0.2, 0) is 16.6 Å². The second-order valence-corrected chi connectivity index (χ2v) is 9.12. The van der Waals surface area contributed by atoms with Gasteiger partial charge in [-0.1, -0.05) is 23.7 Å². The fourth-order valence-corrected chi connectivity index (χ4v) is 4.73. The highest BCUT2D eigenvalue weighted by Gasteiger charge is 2.21. The summed E-state index contributed by atoms with van der Waals surface area (Å²) in [6.07, 6.45) is 2.66. The molecule has 0 saturated carbocycles. The first-order valence-electron chi connectivity index (χ1n) is 9.53. The van der Waals surface area contributed by atoms with E-state index >= 15 is 0 Å². The molecule has 8 nitrogen and oxygen atoms in total. The van der Waals surface area contributed by atoms with Crippen LogP contribution in [0, 0.1) is 6.92 Å². The lowest BCUT2D eigenvalue weighted by Crippen LogP contribution is -2.28. The van der Waals surface area contributed by atoms with Crippen LogP contribution in [0.4, 0.5) is 11.5 Å². The Morgan fingerprint density at radius 1 is 1.29 bits per heavy atom. The molecule has 1 aliphatic rings. The van der Waals surface area contributed by atoms with Crippen molar-refractivity contribution in [1.29, 1.82) is 0 Å². The number of halogens is 1. The Bertz CT molecular complexity index is 1220. The Balaban J connectivity index is 1.54. The lowest BCUT2D eigenvalue weighted by molar-refractivity contribution is 0.297. The molecule has 0 atom stereocenters. The summed E-state index contributed by atoms with van der Waals surface area (Å²) in [4.78, 5) is 10.2. The van der Waals surface area contributed by atoms with E-state index < -0.39 is 10.0 Å². The quantitative estimate of drug-likeness (QED) is 0.600. The van der Waals surface area contributed by atoms with Gasteiger partial charge in [0.15, 0.2) is 11.6 Å². The molecule has 10 heteroatoms. The molecule has 2 aromatic carbocycles. The smallest absolute Gasteiger partial charge is 0.263 e. The van der Waals surface area contributed by atoms with Gasteiger partial charge in [-0.2, -0.15) is 0 Å². The maximum Gasteiger partial charge on any atom is 0.263 e. The summed E-state index contributed by atoms with van der Waals surface area (Å²) in [6, 6.07) is 10.5. The standard InChI is InChI=1S/C21H21ClN4O4S/c1-14-16(22)4-3-5-20(14)31(27,28)25-21-19(11-23-13-24-21)30-12-15-6-7-17-18(10-15)29-9-8-26(17)2/h3-7,10-11,13H,8-9,12H2,1-2H3,(H,23,24,25). The zero-order valence-corrected chi connectivity index (χ0v) is 18.6. The van der Waals surface area contributed by atoms with E-state index in [2.05, 4.69) is 19.6 Å². The normalized spacial score (nSPS) is 13.3. The minimum absolute atomic E-state index is 0.0447. The topological polar surface area (TPSA) is 93.7 Å². The van der Waals surface area contributed by atoms with Crippen molar-refractivity contribution < 1.29 is 17.9 Å². The molecule has 0 unspecified atom stereocenters. The van der Waals surface area contributed by atoms with Gasteiger partial charge in [-0.05, 0) is 42.3 Å². The third-order valence-corrected chi connectivity index (χ3v) is 6.82. The summed E-state index contributed by atoms with van der Waals surface area (Å²) in [7, 11) is -1.91. The fraction of sp³-hybridized carbons (Fsp3) is 0.238. The molecule has 0 aliphatic carbocycles. The first-order valence-corrected chi connectivity index (χ1v) is 11.4. The van der Waals surface area contributed by atoms with E-state index in [1.165, 1.54) is 18.6 Å². The van der Waals surface area contributed by atoms with Gasteiger partial charge in [-0.25, -0.2) is 18.4 Å². The molecule has 0 fully saturated rings. The van der Waals surface area contributed by atoms with Gasteiger partial charge >= 0.3 is 0 Å². The molecule has 0 radical (unpaired) electrons. The first kappa shape index (κ1) is 21.2. The molecular weight excluding hydrogens is 440 g/mol. The maximum absolute atomic E-state index is 12.9. The van der Waals surface area contributed by atoms with Crippen molar-refractivity contribution in [3.8, 4) is 11.5 Å². The second-order valence-electron chi connectivity index (χ2n) is 7.06. The van der Waals surface area contributed by atoms with E-state index in [4.69, 9.17) is 21.1 Å². The number of sulfonamides is 1. The van der Waals surface area contributed by atoms with Crippen molar-refractivity contribution in [1.82, 2.24) is 9.97 Å². The molecule has 2 heterocycles. The number of ether oxygens (including phenoxy) is 2. The van der Waals surface area contributed by atoms with E-state index in [0.717, 1.165) is 23.5 Å². The monoisotopic (exact) mass is 460 g/mol. The molecule has 31 heavy (non-hydrogen) atoms. The minimum atomic E-state index is -3.92. The van der Waals surface area contributed by atoms with Crippen molar-refractivity contribution in [2.24, 2.45) is 0 Å². The number of aromatic nitrogens is 2. The van der Waals surface area contributed by atoms with Gasteiger partial charge in [0.05, 0.1) is 23.3 Å². The molecule has 0 bridgehead atoms. The summed E-state index contributed by atoms with van der Waals surface area (Å²) < 4.78 is 39.8. The number of nitrogens with zero attached hydrogens (tertiary/aromatic N) is 3. The van der Waals surface area contributed by atoms with Crippen LogP contribution >= 0.6 is 11.6 Å². The lowest BCUT2D eigenvalue weighted by Gasteiger charge is -2.28. The number of hydrogen-bond donors (Lipinski definition) is 1. The average molecular weight is 461 g/mol. The zero-order chi connectivity index (χ0) is 22.0. The van der Waals surface area contributed by atoms with Crippen molar-refractivity contribution in [2.75, 3.05) is 29.8 Å². The zero-order valence-electron chi connectivity index (χ0n) is 17.0. The third-order valence-electron chi connectivity index (χ3n) is 4.93. The van der Waals surface area contributed by atoms with Crippen molar-refractivity contribution in [2.45, 2.75) is 18.4 Å². The first-order chi connectivity index (χ1) is 14.8. The maximum atomic E-state index is 12.9. The lowest BCUT2D eigenvalue weighted by atomic mass is 10.1. The van der Waals surface area contributed by atoms with E-state index in [0.29, 0.717) is 17.2 Å². The summed E-state index contributed by atoms with van der Waals surface area (Å²) in [5, 5.41) is 0.363. The summed E-state index contributed by atoms with van der Waals surface area (Å²) in [5.74, 6) is 1.04. The molecule has 0 amide bonds. The number of nitrogens with one attached hydrogen (secondary N) is 1. The third kappa shape index (κ3) is 4.52. The van der Waals surface area contributed by atoms with Gasteiger partial charge in [0, 0.05) is 12.1 Å². The van der Waals surface area contributed by atoms with Crippen LogP contribution in [0.2, 0.25) is 5.02 Å². The van der Waals surface area contributed by atoms with Crippen LogP contribution in [0.25, 0.3) is 0 Å². The SMILES string of the molecule is Cc1c(Cl)cccc1S(=O)(=O)Nc1ncncc1OCc1ccc2c(c1)OCCN2C. The Morgan fingerprint density at radius 2 is 2.13 bits per heavy atom. The highest BCUT2D eigenvalue weighted by atomic mass is 35.5. The van der Waals surface area contributed by atoms with Crippen molar-refractivity contribution >= 4 is 33.1 Å². The number of anilines is 2. The van der Waals surface area contributed by atoms with Gasteiger partial charge in [0.1, 0.15) is 25.3 Å². The average Bonchev–Trinajstić information content (AvgIpc) is 2.75. The molecule has 4 rings (SSSR count). The van der Waals surface area contributed by atoms with E-state index in [1.807, 2.05) is 25.2 Å². The van der Waals surface area contributed by atoms with Crippen LogP contribution in [0.15, 0.2) is 53.8 Å². The summed E-state index contributed by atoms with van der Waals surface area (Å²) in [6.45, 7) is 3.29. The molecule has 1 aromatic heterocycles. The van der Waals surface area contributed by atoms with Gasteiger partial charge in [-0.3, -0.25) is 4.72 Å². The van der Waals surface area contributed by atoms with Gasteiger partial charge in [0.25, 0.3) is 10.0 Å². The molecule has 1 aliphatic heterocycles. The summed E-state index contributed by atoms with van der Waals surface area (Å²) >= 11 is 6.08. The van der Waals surface area contributed by atoms with E-state index in [1.54, 1.807) is 19.1 Å².